The summed E-state index contributed by atoms with van der Waals surface area (Å²) in [5, 5.41) is 4.45. The van der Waals surface area contributed by atoms with Gasteiger partial charge in [-0.3, -0.25) is 4.98 Å². The highest BCUT2D eigenvalue weighted by molar-refractivity contribution is 5.84. The van der Waals surface area contributed by atoms with Crippen LogP contribution in [-0.2, 0) is 0 Å². The molecule has 2 rings (SSSR count). The zero-order valence-corrected chi connectivity index (χ0v) is 12.3. The van der Waals surface area contributed by atoms with E-state index in [1.807, 2.05) is 30.5 Å². The molecule has 0 radical (unpaired) electrons. The van der Waals surface area contributed by atoms with Crippen molar-refractivity contribution < 1.29 is 4.74 Å². The highest BCUT2D eigenvalue weighted by Gasteiger charge is 2.01. The van der Waals surface area contributed by atoms with Crippen molar-refractivity contribution >= 4 is 10.9 Å². The SMILES string of the molecule is CCNCCCCCCOc1cccc2ncccc12. The Bertz CT molecular complexity index is 508. The van der Waals surface area contributed by atoms with Gasteiger partial charge in [0.25, 0.3) is 0 Å². The Kier molecular flexibility index (Phi) is 6.32. The summed E-state index contributed by atoms with van der Waals surface area (Å²) in [6.45, 7) is 5.13. The molecule has 0 atom stereocenters. The van der Waals surface area contributed by atoms with Crippen molar-refractivity contribution in [2.75, 3.05) is 19.7 Å². The van der Waals surface area contributed by atoms with Crippen LogP contribution in [0.15, 0.2) is 36.5 Å². The lowest BCUT2D eigenvalue weighted by atomic mass is 10.2. The van der Waals surface area contributed by atoms with E-state index in [-0.39, 0.29) is 0 Å². The third-order valence-corrected chi connectivity index (χ3v) is 3.36. The maximum absolute atomic E-state index is 5.89. The third-order valence-electron chi connectivity index (χ3n) is 3.36. The van der Waals surface area contributed by atoms with Crippen LogP contribution in [0.25, 0.3) is 10.9 Å². The highest BCUT2D eigenvalue weighted by Crippen LogP contribution is 2.23. The molecule has 0 saturated carbocycles. The fourth-order valence-electron chi connectivity index (χ4n) is 2.27. The van der Waals surface area contributed by atoms with Gasteiger partial charge >= 0.3 is 0 Å². The van der Waals surface area contributed by atoms with Crippen LogP contribution in [0.3, 0.4) is 0 Å². The average Bonchev–Trinajstić information content (AvgIpc) is 2.50. The van der Waals surface area contributed by atoms with Crippen LogP contribution < -0.4 is 10.1 Å². The number of aromatic nitrogens is 1. The molecule has 0 aliphatic carbocycles. The number of fused-ring (bicyclic) bond motifs is 1. The minimum atomic E-state index is 0.787. The fourth-order valence-corrected chi connectivity index (χ4v) is 2.27. The van der Waals surface area contributed by atoms with E-state index >= 15 is 0 Å². The first-order valence-corrected chi connectivity index (χ1v) is 7.59. The first kappa shape index (κ1) is 14.8. The van der Waals surface area contributed by atoms with Crippen LogP contribution in [-0.4, -0.2) is 24.7 Å². The highest BCUT2D eigenvalue weighted by atomic mass is 16.5. The number of unbranched alkanes of at least 4 members (excludes halogenated alkanes) is 3. The quantitative estimate of drug-likeness (QED) is 0.705. The second-order valence-electron chi connectivity index (χ2n) is 4.94. The fraction of sp³-hybridized carbons (Fsp3) is 0.471. The average molecular weight is 272 g/mol. The van der Waals surface area contributed by atoms with E-state index in [1.165, 1.54) is 19.3 Å². The molecular weight excluding hydrogens is 248 g/mol. The first-order valence-electron chi connectivity index (χ1n) is 7.59. The molecule has 1 heterocycles. The van der Waals surface area contributed by atoms with Crippen LogP contribution in [0.4, 0.5) is 0 Å². The molecule has 3 heteroatoms. The lowest BCUT2D eigenvalue weighted by Crippen LogP contribution is -2.13. The second kappa shape index (κ2) is 8.54. The maximum atomic E-state index is 5.89. The number of nitrogens with zero attached hydrogens (tertiary/aromatic N) is 1. The van der Waals surface area contributed by atoms with E-state index in [0.717, 1.165) is 42.8 Å². The van der Waals surface area contributed by atoms with Gasteiger partial charge in [0.05, 0.1) is 12.1 Å². The molecule has 20 heavy (non-hydrogen) atoms. The minimum Gasteiger partial charge on any atom is -0.493 e. The molecular formula is C17H24N2O. The molecule has 0 bridgehead atoms. The number of hydrogen-bond donors (Lipinski definition) is 1. The Labute approximate surface area is 121 Å². The van der Waals surface area contributed by atoms with Gasteiger partial charge in [-0.1, -0.05) is 25.8 Å². The molecule has 0 spiro atoms. The van der Waals surface area contributed by atoms with Crippen LogP contribution in [0, 0.1) is 0 Å². The number of pyridine rings is 1. The van der Waals surface area contributed by atoms with E-state index in [4.69, 9.17) is 4.74 Å². The van der Waals surface area contributed by atoms with Crippen molar-refractivity contribution in [3.8, 4) is 5.75 Å². The number of nitrogens with one attached hydrogen (secondary N) is 1. The normalized spacial score (nSPS) is 10.8. The van der Waals surface area contributed by atoms with Crippen molar-refractivity contribution in [2.24, 2.45) is 0 Å². The Morgan fingerprint density at radius 2 is 1.95 bits per heavy atom. The number of ether oxygens (including phenoxy) is 1. The summed E-state index contributed by atoms with van der Waals surface area (Å²) < 4.78 is 5.89. The second-order valence-corrected chi connectivity index (χ2v) is 4.94. The summed E-state index contributed by atoms with van der Waals surface area (Å²) in [5.41, 5.74) is 0.996. The minimum absolute atomic E-state index is 0.787. The van der Waals surface area contributed by atoms with Crippen molar-refractivity contribution in [3.05, 3.63) is 36.5 Å². The van der Waals surface area contributed by atoms with Gasteiger partial charge in [-0.05, 0) is 50.2 Å². The van der Waals surface area contributed by atoms with Gasteiger partial charge < -0.3 is 10.1 Å². The molecule has 108 valence electrons. The summed E-state index contributed by atoms with van der Waals surface area (Å²) in [6, 6.07) is 10.1. The predicted molar refractivity (Wildman–Crippen MR) is 84.2 cm³/mol. The molecule has 0 fully saturated rings. The van der Waals surface area contributed by atoms with Crippen molar-refractivity contribution in [2.45, 2.75) is 32.6 Å². The van der Waals surface area contributed by atoms with Gasteiger partial charge in [-0.25, -0.2) is 0 Å². The van der Waals surface area contributed by atoms with Crippen molar-refractivity contribution in [1.82, 2.24) is 10.3 Å². The summed E-state index contributed by atoms with van der Waals surface area (Å²) in [7, 11) is 0. The van der Waals surface area contributed by atoms with Crippen molar-refractivity contribution in [3.63, 3.8) is 0 Å². The lowest BCUT2D eigenvalue weighted by Gasteiger charge is -2.08. The zero-order valence-electron chi connectivity index (χ0n) is 12.3. The number of hydrogen-bond acceptors (Lipinski definition) is 3. The Morgan fingerprint density at radius 3 is 2.85 bits per heavy atom. The zero-order chi connectivity index (χ0) is 14.0. The van der Waals surface area contributed by atoms with Crippen LogP contribution in [0.1, 0.15) is 32.6 Å². The topological polar surface area (TPSA) is 34.1 Å². The third kappa shape index (κ3) is 4.49. The van der Waals surface area contributed by atoms with Gasteiger partial charge in [0.1, 0.15) is 5.75 Å². The molecule has 1 aromatic carbocycles. The van der Waals surface area contributed by atoms with E-state index in [9.17, 15) is 0 Å². The summed E-state index contributed by atoms with van der Waals surface area (Å²) >= 11 is 0. The number of benzene rings is 1. The molecule has 2 aromatic rings. The summed E-state index contributed by atoms with van der Waals surface area (Å²) in [4.78, 5) is 4.34. The summed E-state index contributed by atoms with van der Waals surface area (Å²) in [6.07, 6.45) is 6.69. The first-order chi connectivity index (χ1) is 9.92. The summed E-state index contributed by atoms with van der Waals surface area (Å²) in [5.74, 6) is 0.947. The molecule has 0 amide bonds. The molecule has 3 nitrogen and oxygen atoms in total. The Balaban J connectivity index is 1.71. The van der Waals surface area contributed by atoms with E-state index in [1.54, 1.807) is 0 Å². The Hall–Kier alpha value is -1.61. The predicted octanol–water partition coefficient (Wildman–Crippen LogP) is 3.78. The van der Waals surface area contributed by atoms with Crippen LogP contribution in [0.2, 0.25) is 0 Å². The standard InChI is InChI=1S/C17H24N2O/c1-2-18-12-5-3-4-6-14-20-17-11-7-10-16-15(17)9-8-13-19-16/h7-11,13,18H,2-6,12,14H2,1H3. The largest absolute Gasteiger partial charge is 0.493 e. The van der Waals surface area contributed by atoms with E-state index in [0.29, 0.717) is 0 Å². The molecule has 1 N–H and O–H groups in total. The van der Waals surface area contributed by atoms with Gasteiger partial charge in [0, 0.05) is 11.6 Å². The molecule has 0 saturated heterocycles. The molecule has 0 unspecified atom stereocenters. The van der Waals surface area contributed by atoms with Crippen LogP contribution >= 0.6 is 0 Å². The number of rotatable bonds is 9. The smallest absolute Gasteiger partial charge is 0.128 e. The van der Waals surface area contributed by atoms with Gasteiger partial charge in [-0.2, -0.15) is 0 Å². The molecule has 0 aliphatic rings. The van der Waals surface area contributed by atoms with Crippen LogP contribution in [0.5, 0.6) is 5.75 Å². The van der Waals surface area contributed by atoms with E-state index in [2.05, 4.69) is 23.3 Å². The van der Waals surface area contributed by atoms with Gasteiger partial charge in [0.15, 0.2) is 0 Å². The van der Waals surface area contributed by atoms with Gasteiger partial charge in [0.2, 0.25) is 0 Å². The van der Waals surface area contributed by atoms with Gasteiger partial charge in [-0.15, -0.1) is 0 Å². The molecule has 0 aliphatic heterocycles. The van der Waals surface area contributed by atoms with E-state index < -0.39 is 0 Å². The monoisotopic (exact) mass is 272 g/mol. The maximum Gasteiger partial charge on any atom is 0.128 e. The molecule has 1 aromatic heterocycles. The Morgan fingerprint density at radius 1 is 1.05 bits per heavy atom. The lowest BCUT2D eigenvalue weighted by molar-refractivity contribution is 0.308. The van der Waals surface area contributed by atoms with Crippen molar-refractivity contribution in [1.29, 1.82) is 0 Å².